The first-order chi connectivity index (χ1) is 21.1. The van der Waals surface area contributed by atoms with Crippen LogP contribution in [0.3, 0.4) is 0 Å². The van der Waals surface area contributed by atoms with Gasteiger partial charge < -0.3 is 19.2 Å². The highest BCUT2D eigenvalue weighted by Gasteiger charge is 2.13. The molecule has 0 rings (SSSR count). The van der Waals surface area contributed by atoms with Crippen LogP contribution >= 0.6 is 7.82 Å². The van der Waals surface area contributed by atoms with Gasteiger partial charge in [0.15, 0.2) is 0 Å². The zero-order chi connectivity index (χ0) is 33.0. The molecule has 0 aliphatic heterocycles. The van der Waals surface area contributed by atoms with Gasteiger partial charge in [0.25, 0.3) is 7.82 Å². The van der Waals surface area contributed by atoms with Crippen LogP contribution in [0.25, 0.3) is 0 Å². The molecule has 268 valence electrons. The summed E-state index contributed by atoms with van der Waals surface area (Å²) in [6.07, 6.45) is 46.9. The summed E-state index contributed by atoms with van der Waals surface area (Å²) < 4.78 is 10.0. The lowest BCUT2D eigenvalue weighted by molar-refractivity contribution is -0.890. The molecule has 44 heavy (non-hydrogen) atoms. The van der Waals surface area contributed by atoms with Crippen LogP contribution in [0.15, 0.2) is 0 Å². The zero-order valence-electron chi connectivity index (χ0n) is 30.6. The maximum absolute atomic E-state index is 8.77. The summed E-state index contributed by atoms with van der Waals surface area (Å²) in [6.45, 7) is 7.39. The van der Waals surface area contributed by atoms with Gasteiger partial charge in [-0.3, -0.25) is 4.57 Å². The molecule has 5 nitrogen and oxygen atoms in total. The van der Waals surface area contributed by atoms with Gasteiger partial charge in [-0.15, -0.1) is 0 Å². The van der Waals surface area contributed by atoms with Crippen molar-refractivity contribution < 1.29 is 23.7 Å². The fraction of sp³-hybridized carbons (Fsp3) is 1.00. The van der Waals surface area contributed by atoms with Gasteiger partial charge in [0.05, 0.1) is 27.2 Å². The quantitative estimate of drug-likeness (QED) is 0.0414. The lowest BCUT2D eigenvalue weighted by Crippen LogP contribution is -2.41. The minimum atomic E-state index is -4.89. The van der Waals surface area contributed by atoms with Crippen LogP contribution in [0, 0.1) is 0 Å². The van der Waals surface area contributed by atoms with E-state index in [0.29, 0.717) is 0 Å². The van der Waals surface area contributed by atoms with Crippen LogP contribution < -0.4 is 4.89 Å². The van der Waals surface area contributed by atoms with Crippen LogP contribution in [0.4, 0.5) is 0 Å². The predicted octanol–water partition coefficient (Wildman–Crippen LogP) is 12.0. The van der Waals surface area contributed by atoms with Crippen molar-refractivity contribution in [2.24, 2.45) is 0 Å². The lowest BCUT2D eigenvalue weighted by atomic mass is 10.0. The summed E-state index contributed by atoms with van der Waals surface area (Å²) in [5, 5.41) is 0. The summed E-state index contributed by atoms with van der Waals surface area (Å²) in [5.74, 6) is 0. The number of nitrogens with zero attached hydrogens (tertiary/aromatic N) is 1. The Bertz CT molecular complexity index is 535. The van der Waals surface area contributed by atoms with Gasteiger partial charge in [-0.1, -0.05) is 194 Å². The molecule has 0 aliphatic rings. The molecule has 0 spiro atoms. The van der Waals surface area contributed by atoms with Crippen molar-refractivity contribution in [3.63, 3.8) is 0 Å². The van der Waals surface area contributed by atoms with Crippen LogP contribution in [0.1, 0.15) is 219 Å². The van der Waals surface area contributed by atoms with Crippen molar-refractivity contribution in [3.8, 4) is 0 Å². The van der Waals surface area contributed by atoms with E-state index in [1.54, 1.807) is 0 Å². The maximum Gasteiger partial charge on any atom is 0.262 e. The molecular formula is C38H82NO4P. The molecule has 0 fully saturated rings. The molecule has 0 radical (unpaired) electrons. The number of hydrogen-bond donors (Lipinski definition) is 2. The Labute approximate surface area is 277 Å². The van der Waals surface area contributed by atoms with Gasteiger partial charge in [0.1, 0.15) is 0 Å². The summed E-state index contributed by atoms with van der Waals surface area (Å²) in [5.41, 5.74) is 0. The van der Waals surface area contributed by atoms with E-state index in [1.165, 1.54) is 223 Å². The average Bonchev–Trinajstić information content (AvgIpc) is 2.96. The van der Waals surface area contributed by atoms with Crippen molar-refractivity contribution in [2.45, 2.75) is 219 Å². The normalized spacial score (nSPS) is 12.0. The second kappa shape index (κ2) is 35.9. The monoisotopic (exact) mass is 648 g/mol. The highest BCUT2D eigenvalue weighted by atomic mass is 31.2. The predicted molar refractivity (Wildman–Crippen MR) is 193 cm³/mol. The van der Waals surface area contributed by atoms with E-state index in [-0.39, 0.29) is 0 Å². The molecule has 0 aromatic carbocycles. The van der Waals surface area contributed by atoms with Crippen molar-refractivity contribution in [1.29, 1.82) is 0 Å². The summed E-state index contributed by atoms with van der Waals surface area (Å²) in [7, 11) is 0.0484. The molecule has 0 unspecified atom stereocenters. The second-order valence-electron chi connectivity index (χ2n) is 14.5. The van der Waals surface area contributed by atoms with Gasteiger partial charge in [-0.2, -0.15) is 0 Å². The molecular weight excluding hydrogens is 565 g/mol. The molecule has 0 aromatic heterocycles. The van der Waals surface area contributed by atoms with Crippen molar-refractivity contribution in [1.82, 2.24) is 0 Å². The van der Waals surface area contributed by atoms with Crippen molar-refractivity contribution >= 4 is 7.82 Å². The Hall–Kier alpha value is 0.0700. The van der Waals surface area contributed by atoms with Crippen molar-refractivity contribution in [3.05, 3.63) is 0 Å². The molecule has 0 amide bonds. The van der Waals surface area contributed by atoms with Crippen LogP contribution in [-0.4, -0.2) is 41.5 Å². The van der Waals surface area contributed by atoms with E-state index >= 15 is 0 Å². The van der Waals surface area contributed by atoms with Crippen molar-refractivity contribution in [2.75, 3.05) is 27.2 Å². The smallest absolute Gasteiger partial charge is 0.262 e. The summed E-state index contributed by atoms with van der Waals surface area (Å²) in [4.78, 5) is 22.9. The van der Waals surface area contributed by atoms with Gasteiger partial charge in [-0.05, 0) is 25.7 Å². The minimum absolute atomic E-state index is 1.25. The number of unbranched alkanes of at least 4 members (excludes halogenated alkanes) is 30. The second-order valence-corrected chi connectivity index (χ2v) is 15.5. The molecule has 0 atom stereocenters. The first kappa shape index (κ1) is 46.2. The van der Waals surface area contributed by atoms with E-state index in [0.717, 1.165) is 0 Å². The van der Waals surface area contributed by atoms with E-state index < -0.39 is 7.82 Å². The fourth-order valence-corrected chi connectivity index (χ4v) is 6.29. The van der Waals surface area contributed by atoms with Gasteiger partial charge in [0.2, 0.25) is 0 Å². The zero-order valence-corrected chi connectivity index (χ0v) is 31.5. The first-order valence-electron chi connectivity index (χ1n) is 19.7. The number of rotatable bonds is 34. The number of phosphoric acid groups is 1. The molecule has 6 heteroatoms. The van der Waals surface area contributed by atoms with Gasteiger partial charge in [-0.25, -0.2) is 0 Å². The van der Waals surface area contributed by atoms with Crippen LogP contribution in [0.5, 0.6) is 0 Å². The van der Waals surface area contributed by atoms with E-state index in [9.17, 15) is 0 Å². The summed E-state index contributed by atoms with van der Waals surface area (Å²) in [6, 6.07) is 0. The Morgan fingerprint density at radius 2 is 0.523 bits per heavy atom. The molecule has 0 saturated carbocycles. The highest BCUT2D eigenvalue weighted by Crippen LogP contribution is 2.19. The largest absolute Gasteiger partial charge is 0.756 e. The van der Waals surface area contributed by atoms with Crippen LogP contribution in [0.2, 0.25) is 0 Å². The SMILES string of the molecule is CCCCCCCCCCCCCCCCCC[N+](C)(C)CCCCCCCCCCCCCCCCCC.O=P([O-])(O)O. The Morgan fingerprint density at radius 3 is 0.682 bits per heavy atom. The highest BCUT2D eigenvalue weighted by molar-refractivity contribution is 7.43. The topological polar surface area (TPSA) is 80.6 Å². The third-order valence-corrected chi connectivity index (χ3v) is 9.23. The molecule has 0 heterocycles. The Morgan fingerprint density at radius 1 is 0.386 bits per heavy atom. The maximum atomic E-state index is 8.77. The van der Waals surface area contributed by atoms with E-state index in [2.05, 4.69) is 27.9 Å². The minimum Gasteiger partial charge on any atom is -0.756 e. The number of hydrogen-bond acceptors (Lipinski definition) is 2. The average molecular weight is 648 g/mol. The number of quaternary nitrogens is 1. The summed E-state index contributed by atoms with van der Waals surface area (Å²) >= 11 is 0. The molecule has 0 aliphatic carbocycles. The third-order valence-electron chi connectivity index (χ3n) is 9.23. The third kappa shape index (κ3) is 49.0. The Kier molecular flexibility index (Phi) is 37.7. The first-order valence-corrected chi connectivity index (χ1v) is 21.2. The standard InChI is InChI=1S/C38H80N.H3O4P/c1-5-7-9-11-13-15-17-19-21-23-25-27-29-31-33-35-37-39(3,4)38-36-34-32-30-28-26-24-22-20-18-16-14-12-10-8-6-2;1-5(2,3)4/h5-38H2,1-4H3;(H3,1,2,3,4)/q+1;/p-1. The molecule has 0 bridgehead atoms. The van der Waals surface area contributed by atoms with Gasteiger partial charge >= 0.3 is 0 Å². The molecule has 0 saturated heterocycles. The van der Waals surface area contributed by atoms with Crippen LogP contribution in [-0.2, 0) is 4.57 Å². The Balaban J connectivity index is 0. The molecule has 0 aromatic rings. The van der Waals surface area contributed by atoms with Gasteiger partial charge in [0, 0.05) is 0 Å². The van der Waals surface area contributed by atoms with E-state index in [4.69, 9.17) is 19.2 Å². The van der Waals surface area contributed by atoms with E-state index in [1.807, 2.05) is 0 Å². The fourth-order valence-electron chi connectivity index (χ4n) is 6.29. The lowest BCUT2D eigenvalue weighted by Gasteiger charge is -2.30. The molecule has 2 N–H and O–H groups in total.